The molecule has 0 radical (unpaired) electrons. The van der Waals surface area contributed by atoms with Gasteiger partial charge in [0.05, 0.1) is 17.2 Å². The highest BCUT2D eigenvalue weighted by atomic mass is 32.1. The van der Waals surface area contributed by atoms with Crippen molar-refractivity contribution in [1.82, 2.24) is 9.55 Å². The van der Waals surface area contributed by atoms with Gasteiger partial charge < -0.3 is 4.57 Å². The number of rotatable bonds is 6. The molecule has 0 aliphatic heterocycles. The summed E-state index contributed by atoms with van der Waals surface area (Å²) >= 11 is 1.70. The van der Waals surface area contributed by atoms with Gasteiger partial charge in [-0.05, 0) is 18.9 Å². The summed E-state index contributed by atoms with van der Waals surface area (Å²) in [5.41, 5.74) is 1.88. The summed E-state index contributed by atoms with van der Waals surface area (Å²) < 4.78 is 2.03. The first-order valence-electron chi connectivity index (χ1n) is 6.35. The lowest BCUT2D eigenvalue weighted by molar-refractivity contribution is 0.0981. The lowest BCUT2D eigenvalue weighted by Crippen LogP contribution is -1.99. The van der Waals surface area contributed by atoms with E-state index < -0.39 is 0 Å². The largest absolute Gasteiger partial charge is 0.348 e. The van der Waals surface area contributed by atoms with Crippen LogP contribution >= 0.6 is 11.3 Å². The summed E-state index contributed by atoms with van der Waals surface area (Å²) in [4.78, 5) is 16.3. The minimum absolute atomic E-state index is 0.226. The third-order valence-electron chi connectivity index (χ3n) is 2.80. The van der Waals surface area contributed by atoms with Gasteiger partial charge in [0.1, 0.15) is 0 Å². The molecule has 0 N–H and O–H groups in total. The number of Topliss-reactive ketones (excluding diaryl/α,β-unsaturated/α-hetero) is 1. The van der Waals surface area contributed by atoms with E-state index in [1.165, 1.54) is 5.01 Å². The number of carbonyl (C=O) groups excluding carboxylic acids is 1. The van der Waals surface area contributed by atoms with Crippen LogP contribution in [-0.4, -0.2) is 15.3 Å². The third-order valence-corrected chi connectivity index (χ3v) is 3.84. The van der Waals surface area contributed by atoms with E-state index in [1.54, 1.807) is 11.3 Å². The summed E-state index contributed by atoms with van der Waals surface area (Å²) in [5, 5.41) is 3.26. The second-order valence-corrected chi connectivity index (χ2v) is 5.27. The average molecular weight is 262 g/mol. The Balaban J connectivity index is 2.04. The van der Waals surface area contributed by atoms with Crippen LogP contribution in [0.2, 0.25) is 0 Å². The number of aromatic nitrogens is 2. The van der Waals surface area contributed by atoms with Crippen LogP contribution < -0.4 is 0 Å². The minimum atomic E-state index is 0.226. The lowest BCUT2D eigenvalue weighted by Gasteiger charge is -1.98. The maximum absolute atomic E-state index is 11.7. The Morgan fingerprint density at radius 3 is 2.94 bits per heavy atom. The van der Waals surface area contributed by atoms with E-state index in [1.807, 2.05) is 30.0 Å². The quantitative estimate of drug-likeness (QED) is 0.746. The standard InChI is InChI=1S/C14H18N2OS/c1-3-5-13(17)11-6-7-16(8-11)9-12-10-18-14(4-2)15-12/h6-8,10H,3-5,9H2,1-2H3. The van der Waals surface area contributed by atoms with Crippen molar-refractivity contribution in [1.29, 1.82) is 0 Å². The Morgan fingerprint density at radius 1 is 1.44 bits per heavy atom. The first-order chi connectivity index (χ1) is 8.72. The molecule has 0 aliphatic rings. The van der Waals surface area contributed by atoms with Gasteiger partial charge in [-0.15, -0.1) is 11.3 Å². The molecule has 2 aromatic rings. The molecular formula is C14H18N2OS. The van der Waals surface area contributed by atoms with E-state index in [-0.39, 0.29) is 5.78 Å². The van der Waals surface area contributed by atoms with Crippen LogP contribution in [0.15, 0.2) is 23.8 Å². The Kier molecular flexibility index (Phi) is 4.31. The van der Waals surface area contributed by atoms with Crippen molar-refractivity contribution >= 4 is 17.1 Å². The van der Waals surface area contributed by atoms with Crippen molar-refractivity contribution in [3.05, 3.63) is 40.1 Å². The summed E-state index contributed by atoms with van der Waals surface area (Å²) in [6.07, 6.45) is 6.38. The van der Waals surface area contributed by atoms with Crippen molar-refractivity contribution in [3.8, 4) is 0 Å². The molecule has 0 aliphatic carbocycles. The van der Waals surface area contributed by atoms with Crippen molar-refractivity contribution in [3.63, 3.8) is 0 Å². The van der Waals surface area contributed by atoms with Gasteiger partial charge in [-0.3, -0.25) is 4.79 Å². The summed E-state index contributed by atoms with van der Waals surface area (Å²) in [5.74, 6) is 0.226. The fourth-order valence-electron chi connectivity index (χ4n) is 1.85. The van der Waals surface area contributed by atoms with E-state index in [9.17, 15) is 4.79 Å². The molecule has 0 bridgehead atoms. The molecule has 0 saturated carbocycles. The molecule has 0 spiro atoms. The van der Waals surface area contributed by atoms with Gasteiger partial charge in [-0.2, -0.15) is 0 Å². The SMILES string of the molecule is CCCC(=O)c1ccn(Cc2csc(CC)n2)c1. The van der Waals surface area contributed by atoms with Gasteiger partial charge in [0.15, 0.2) is 5.78 Å². The predicted molar refractivity (Wildman–Crippen MR) is 74.3 cm³/mol. The predicted octanol–water partition coefficient (Wildman–Crippen LogP) is 3.54. The van der Waals surface area contributed by atoms with E-state index in [0.29, 0.717) is 6.42 Å². The fraction of sp³-hybridized carbons (Fsp3) is 0.429. The number of aryl methyl sites for hydroxylation is 1. The van der Waals surface area contributed by atoms with Crippen LogP contribution in [0, 0.1) is 0 Å². The Bertz CT molecular complexity index is 527. The van der Waals surface area contributed by atoms with Gasteiger partial charge >= 0.3 is 0 Å². The second-order valence-electron chi connectivity index (χ2n) is 4.33. The molecule has 0 atom stereocenters. The number of ketones is 1. The second kappa shape index (κ2) is 5.96. The zero-order chi connectivity index (χ0) is 13.0. The summed E-state index contributed by atoms with van der Waals surface area (Å²) in [6, 6.07) is 1.89. The molecule has 0 amide bonds. The molecule has 0 unspecified atom stereocenters. The zero-order valence-electron chi connectivity index (χ0n) is 10.8. The average Bonchev–Trinajstić information content (AvgIpc) is 2.99. The molecule has 4 heteroatoms. The zero-order valence-corrected chi connectivity index (χ0v) is 11.7. The molecule has 2 heterocycles. The minimum Gasteiger partial charge on any atom is -0.348 e. The van der Waals surface area contributed by atoms with Gasteiger partial charge in [0.25, 0.3) is 0 Å². The molecular weight excluding hydrogens is 244 g/mol. The smallest absolute Gasteiger partial charge is 0.164 e. The highest BCUT2D eigenvalue weighted by Gasteiger charge is 2.07. The van der Waals surface area contributed by atoms with E-state index in [0.717, 1.165) is 30.6 Å². The first kappa shape index (κ1) is 13.0. The summed E-state index contributed by atoms with van der Waals surface area (Å²) in [7, 11) is 0. The monoisotopic (exact) mass is 262 g/mol. The van der Waals surface area contributed by atoms with Gasteiger partial charge in [-0.25, -0.2) is 4.98 Å². The number of nitrogens with zero attached hydrogens (tertiary/aromatic N) is 2. The van der Waals surface area contributed by atoms with Crippen LogP contribution in [0.1, 0.15) is 47.7 Å². The van der Waals surface area contributed by atoms with Gasteiger partial charge in [0.2, 0.25) is 0 Å². The Hall–Kier alpha value is -1.42. The highest BCUT2D eigenvalue weighted by Crippen LogP contribution is 2.13. The van der Waals surface area contributed by atoms with Crippen molar-refractivity contribution in [2.45, 2.75) is 39.7 Å². The highest BCUT2D eigenvalue weighted by molar-refractivity contribution is 7.09. The molecule has 0 fully saturated rings. The van der Waals surface area contributed by atoms with Crippen LogP contribution in [-0.2, 0) is 13.0 Å². The van der Waals surface area contributed by atoms with Crippen molar-refractivity contribution in [2.24, 2.45) is 0 Å². The topological polar surface area (TPSA) is 34.9 Å². The first-order valence-corrected chi connectivity index (χ1v) is 7.23. The van der Waals surface area contributed by atoms with E-state index in [2.05, 4.69) is 17.3 Å². The lowest BCUT2D eigenvalue weighted by atomic mass is 10.1. The van der Waals surface area contributed by atoms with E-state index >= 15 is 0 Å². The van der Waals surface area contributed by atoms with E-state index in [4.69, 9.17) is 0 Å². The van der Waals surface area contributed by atoms with Gasteiger partial charge in [-0.1, -0.05) is 13.8 Å². The summed E-state index contributed by atoms with van der Waals surface area (Å²) in [6.45, 7) is 4.88. The third kappa shape index (κ3) is 3.07. The molecule has 0 aromatic carbocycles. The number of carbonyl (C=O) groups is 1. The molecule has 0 saturated heterocycles. The van der Waals surface area contributed by atoms with Crippen molar-refractivity contribution < 1.29 is 4.79 Å². The van der Waals surface area contributed by atoms with Crippen LogP contribution in [0.4, 0.5) is 0 Å². The molecule has 96 valence electrons. The Morgan fingerprint density at radius 2 is 2.28 bits per heavy atom. The number of thiazole rings is 1. The maximum Gasteiger partial charge on any atom is 0.164 e. The molecule has 2 rings (SSSR count). The number of hydrogen-bond acceptors (Lipinski definition) is 3. The van der Waals surface area contributed by atoms with Crippen LogP contribution in [0.25, 0.3) is 0 Å². The fourth-order valence-corrected chi connectivity index (χ4v) is 2.58. The van der Waals surface area contributed by atoms with Crippen molar-refractivity contribution in [2.75, 3.05) is 0 Å². The van der Waals surface area contributed by atoms with Gasteiger partial charge in [0, 0.05) is 29.8 Å². The van der Waals surface area contributed by atoms with Crippen LogP contribution in [0.5, 0.6) is 0 Å². The molecule has 3 nitrogen and oxygen atoms in total. The van der Waals surface area contributed by atoms with Crippen LogP contribution in [0.3, 0.4) is 0 Å². The Labute approximate surface area is 111 Å². The molecule has 18 heavy (non-hydrogen) atoms. The molecule has 2 aromatic heterocycles. The number of hydrogen-bond donors (Lipinski definition) is 0. The normalized spacial score (nSPS) is 10.8. The maximum atomic E-state index is 11.7.